The molecule has 2 aromatic rings. The number of aryl methyl sites for hydroxylation is 1. The van der Waals surface area contributed by atoms with Gasteiger partial charge in [0.05, 0.1) is 5.56 Å². The largest absolute Gasteiger partial charge is 0.482 e. The molecule has 0 heterocycles. The highest BCUT2D eigenvalue weighted by Gasteiger charge is 2.09. The number of nitrogens with zero attached hydrogens (tertiary/aromatic N) is 1. The maximum Gasteiger partial charge on any atom is 0.258 e. The first-order valence-corrected chi connectivity index (χ1v) is 7.64. The number of ether oxygens (including phenoxy) is 1. The van der Waals surface area contributed by atoms with Crippen molar-refractivity contribution in [3.8, 4) is 11.8 Å². The number of para-hydroxylation sites is 1. The molecule has 0 saturated heterocycles. The fraction of sp³-hybridized carbons (Fsp3) is 0.263. The van der Waals surface area contributed by atoms with Crippen molar-refractivity contribution in [3.05, 3.63) is 65.7 Å². The van der Waals surface area contributed by atoms with Crippen LogP contribution < -0.4 is 10.1 Å². The van der Waals surface area contributed by atoms with Gasteiger partial charge in [0.15, 0.2) is 6.61 Å². The lowest BCUT2D eigenvalue weighted by Crippen LogP contribution is -2.36. The molecule has 23 heavy (non-hydrogen) atoms. The number of amides is 1. The normalized spacial score (nSPS) is 11.3. The average molecular weight is 308 g/mol. The van der Waals surface area contributed by atoms with Crippen molar-refractivity contribution < 1.29 is 9.53 Å². The molecule has 2 aromatic carbocycles. The monoisotopic (exact) mass is 308 g/mol. The molecule has 1 N–H and O–H groups in total. The topological polar surface area (TPSA) is 62.1 Å². The summed E-state index contributed by atoms with van der Waals surface area (Å²) >= 11 is 0. The summed E-state index contributed by atoms with van der Waals surface area (Å²) in [5.41, 5.74) is 1.69. The highest BCUT2D eigenvalue weighted by Crippen LogP contribution is 2.16. The number of benzene rings is 2. The van der Waals surface area contributed by atoms with Crippen molar-refractivity contribution in [2.24, 2.45) is 0 Å². The van der Waals surface area contributed by atoms with Gasteiger partial charge in [-0.25, -0.2) is 0 Å². The third-order valence-electron chi connectivity index (χ3n) is 3.48. The van der Waals surface area contributed by atoms with E-state index in [2.05, 4.69) is 17.4 Å². The zero-order valence-electron chi connectivity index (χ0n) is 13.2. The minimum atomic E-state index is -0.182. The van der Waals surface area contributed by atoms with Crippen molar-refractivity contribution in [2.75, 3.05) is 6.61 Å². The van der Waals surface area contributed by atoms with E-state index in [0.717, 1.165) is 12.8 Å². The first-order chi connectivity index (χ1) is 11.2. The Bertz CT molecular complexity index is 677. The Hall–Kier alpha value is -2.80. The second-order valence-electron chi connectivity index (χ2n) is 5.39. The van der Waals surface area contributed by atoms with Gasteiger partial charge in [0.1, 0.15) is 11.8 Å². The van der Waals surface area contributed by atoms with Crippen molar-refractivity contribution >= 4 is 5.91 Å². The summed E-state index contributed by atoms with van der Waals surface area (Å²) in [6, 6.07) is 19.2. The lowest BCUT2D eigenvalue weighted by Gasteiger charge is -2.14. The molecule has 4 nitrogen and oxygen atoms in total. The van der Waals surface area contributed by atoms with Crippen molar-refractivity contribution in [3.63, 3.8) is 0 Å². The Kier molecular flexibility index (Phi) is 6.19. The molecule has 1 atom stereocenters. The van der Waals surface area contributed by atoms with Gasteiger partial charge in [-0.15, -0.1) is 0 Å². The minimum Gasteiger partial charge on any atom is -0.482 e. The predicted octanol–water partition coefficient (Wildman–Crippen LogP) is 3.07. The molecule has 0 aliphatic carbocycles. The zero-order chi connectivity index (χ0) is 16.5. The summed E-state index contributed by atoms with van der Waals surface area (Å²) in [6.07, 6.45) is 1.78. The first-order valence-electron chi connectivity index (χ1n) is 7.64. The first kappa shape index (κ1) is 16.6. The van der Waals surface area contributed by atoms with Crippen LogP contribution in [-0.4, -0.2) is 18.6 Å². The lowest BCUT2D eigenvalue weighted by molar-refractivity contribution is -0.123. The summed E-state index contributed by atoms with van der Waals surface area (Å²) < 4.78 is 5.42. The van der Waals surface area contributed by atoms with E-state index < -0.39 is 0 Å². The molecule has 0 bridgehead atoms. The molecule has 0 aliphatic rings. The van der Waals surface area contributed by atoms with E-state index in [1.54, 1.807) is 24.3 Å². The fourth-order valence-electron chi connectivity index (χ4n) is 2.24. The summed E-state index contributed by atoms with van der Waals surface area (Å²) in [7, 11) is 0. The van der Waals surface area contributed by atoms with E-state index in [0.29, 0.717) is 11.3 Å². The Morgan fingerprint density at radius 1 is 1.17 bits per heavy atom. The van der Waals surface area contributed by atoms with Crippen LogP contribution >= 0.6 is 0 Å². The SMILES string of the molecule is CC(CCc1ccccc1)NC(=O)COc1ccccc1C#N. The maximum absolute atomic E-state index is 11.9. The zero-order valence-corrected chi connectivity index (χ0v) is 13.2. The minimum absolute atomic E-state index is 0.0671. The Labute approximate surface area is 136 Å². The molecule has 1 amide bonds. The van der Waals surface area contributed by atoms with Crippen LogP contribution in [0.15, 0.2) is 54.6 Å². The van der Waals surface area contributed by atoms with Crippen LogP contribution in [0.4, 0.5) is 0 Å². The van der Waals surface area contributed by atoms with Gasteiger partial charge < -0.3 is 10.1 Å². The van der Waals surface area contributed by atoms with Gasteiger partial charge in [-0.3, -0.25) is 4.79 Å². The van der Waals surface area contributed by atoms with Gasteiger partial charge in [0.25, 0.3) is 5.91 Å². The number of hydrogen-bond donors (Lipinski definition) is 1. The summed E-state index contributed by atoms with van der Waals surface area (Å²) in [6.45, 7) is 1.89. The molecule has 118 valence electrons. The molecule has 0 aliphatic heterocycles. The smallest absolute Gasteiger partial charge is 0.258 e. The van der Waals surface area contributed by atoms with Gasteiger partial charge in [0.2, 0.25) is 0 Å². The van der Waals surface area contributed by atoms with Crippen LogP contribution in [0.1, 0.15) is 24.5 Å². The fourth-order valence-corrected chi connectivity index (χ4v) is 2.24. The number of rotatable bonds is 7. The highest BCUT2D eigenvalue weighted by molar-refractivity contribution is 5.77. The number of carbonyl (C=O) groups is 1. The van der Waals surface area contributed by atoms with Crippen LogP contribution in [0.3, 0.4) is 0 Å². The molecular formula is C19H20N2O2. The second-order valence-corrected chi connectivity index (χ2v) is 5.39. The summed E-state index contributed by atoms with van der Waals surface area (Å²) in [5.74, 6) is 0.250. The van der Waals surface area contributed by atoms with Gasteiger partial charge in [0, 0.05) is 6.04 Å². The Morgan fingerprint density at radius 2 is 1.87 bits per heavy atom. The van der Waals surface area contributed by atoms with E-state index in [9.17, 15) is 4.79 Å². The lowest BCUT2D eigenvalue weighted by atomic mass is 10.1. The number of nitrogens with one attached hydrogen (secondary N) is 1. The quantitative estimate of drug-likeness (QED) is 0.855. The molecule has 1 unspecified atom stereocenters. The predicted molar refractivity (Wildman–Crippen MR) is 89.0 cm³/mol. The average Bonchev–Trinajstić information content (AvgIpc) is 2.59. The van der Waals surface area contributed by atoms with Crippen LogP contribution in [-0.2, 0) is 11.2 Å². The Morgan fingerprint density at radius 3 is 2.61 bits per heavy atom. The molecule has 2 rings (SSSR count). The summed E-state index contributed by atoms with van der Waals surface area (Å²) in [5, 5.41) is 11.9. The van der Waals surface area contributed by atoms with E-state index in [1.807, 2.05) is 31.2 Å². The van der Waals surface area contributed by atoms with Crippen LogP contribution in [0, 0.1) is 11.3 Å². The number of carbonyl (C=O) groups excluding carboxylic acids is 1. The summed E-state index contributed by atoms with van der Waals surface area (Å²) in [4.78, 5) is 11.9. The molecule has 4 heteroatoms. The van der Waals surface area contributed by atoms with E-state index in [-0.39, 0.29) is 18.6 Å². The van der Waals surface area contributed by atoms with E-state index in [1.165, 1.54) is 5.56 Å². The van der Waals surface area contributed by atoms with E-state index in [4.69, 9.17) is 10.00 Å². The standard InChI is InChI=1S/C19H20N2O2/c1-15(11-12-16-7-3-2-4-8-16)21-19(22)14-23-18-10-6-5-9-17(18)13-20/h2-10,15H,11-12,14H2,1H3,(H,21,22). The molecule has 0 saturated carbocycles. The van der Waals surface area contributed by atoms with Gasteiger partial charge in [-0.2, -0.15) is 5.26 Å². The molecule has 0 spiro atoms. The number of hydrogen-bond acceptors (Lipinski definition) is 3. The van der Waals surface area contributed by atoms with Gasteiger partial charge in [-0.1, -0.05) is 42.5 Å². The molecule has 0 fully saturated rings. The maximum atomic E-state index is 11.9. The van der Waals surface area contributed by atoms with Crippen molar-refractivity contribution in [1.29, 1.82) is 5.26 Å². The van der Waals surface area contributed by atoms with Crippen molar-refractivity contribution in [1.82, 2.24) is 5.32 Å². The number of nitriles is 1. The third kappa shape index (κ3) is 5.48. The molecule has 0 aromatic heterocycles. The van der Waals surface area contributed by atoms with E-state index >= 15 is 0 Å². The molecular weight excluding hydrogens is 288 g/mol. The van der Waals surface area contributed by atoms with Crippen LogP contribution in [0.5, 0.6) is 5.75 Å². The van der Waals surface area contributed by atoms with Crippen LogP contribution in [0.25, 0.3) is 0 Å². The van der Waals surface area contributed by atoms with Gasteiger partial charge in [-0.05, 0) is 37.5 Å². The van der Waals surface area contributed by atoms with Gasteiger partial charge >= 0.3 is 0 Å². The molecule has 0 radical (unpaired) electrons. The van der Waals surface area contributed by atoms with Crippen molar-refractivity contribution in [2.45, 2.75) is 25.8 Å². The Balaban J connectivity index is 1.75. The third-order valence-corrected chi connectivity index (χ3v) is 3.48. The van der Waals surface area contributed by atoms with Crippen LogP contribution in [0.2, 0.25) is 0 Å². The second kappa shape index (κ2) is 8.60. The highest BCUT2D eigenvalue weighted by atomic mass is 16.5.